The highest BCUT2D eigenvalue weighted by molar-refractivity contribution is 6.36. The van der Waals surface area contributed by atoms with Crippen LogP contribution in [0.1, 0.15) is 6.92 Å². The molecule has 2 aromatic carbocycles. The van der Waals surface area contributed by atoms with E-state index in [2.05, 4.69) is 0 Å². The van der Waals surface area contributed by atoms with Crippen LogP contribution in [-0.2, 0) is 4.79 Å². The second-order valence-electron chi connectivity index (χ2n) is 3.50. The van der Waals surface area contributed by atoms with Crippen LogP contribution in [0.2, 0.25) is 5.02 Å². The van der Waals surface area contributed by atoms with Gasteiger partial charge in [0.15, 0.2) is 0 Å². The number of ether oxygens (including phenoxy) is 1. The summed E-state index contributed by atoms with van der Waals surface area (Å²) in [5.74, 6) is -1.17. The van der Waals surface area contributed by atoms with Gasteiger partial charge in [-0.05, 0) is 17.5 Å². The zero-order valence-corrected chi connectivity index (χ0v) is 9.58. The molecule has 0 aliphatic heterocycles. The fourth-order valence-electron chi connectivity index (χ4n) is 1.57. The van der Waals surface area contributed by atoms with Gasteiger partial charge in [-0.2, -0.15) is 0 Å². The van der Waals surface area contributed by atoms with Gasteiger partial charge in [0.1, 0.15) is 17.3 Å². The Hall–Kier alpha value is -1.81. The summed E-state index contributed by atoms with van der Waals surface area (Å²) in [6.07, 6.45) is 0. The lowest BCUT2D eigenvalue weighted by Crippen LogP contribution is -2.01. The Kier molecular flexibility index (Phi) is 2.90. The van der Waals surface area contributed by atoms with Crippen LogP contribution in [0.3, 0.4) is 0 Å². The maximum atomic E-state index is 13.2. The van der Waals surface area contributed by atoms with E-state index in [9.17, 15) is 14.3 Å². The van der Waals surface area contributed by atoms with Gasteiger partial charge in [0.25, 0.3) is 0 Å². The number of fused-ring (bicyclic) bond motifs is 1. The van der Waals surface area contributed by atoms with Crippen LogP contribution in [0, 0.1) is 5.82 Å². The fraction of sp³-hybridized carbons (Fsp3) is 0.0833. The SMILES string of the molecule is CC(=O)Oc1cc(O)c2c(Cl)c(F)ccc2c1. The highest BCUT2D eigenvalue weighted by Gasteiger charge is 2.12. The van der Waals surface area contributed by atoms with E-state index in [1.165, 1.54) is 31.2 Å². The van der Waals surface area contributed by atoms with Gasteiger partial charge in [-0.1, -0.05) is 17.7 Å². The van der Waals surface area contributed by atoms with E-state index in [4.69, 9.17) is 16.3 Å². The zero-order chi connectivity index (χ0) is 12.6. The highest BCUT2D eigenvalue weighted by Crippen LogP contribution is 2.36. The number of carbonyl (C=O) groups excluding carboxylic acids is 1. The highest BCUT2D eigenvalue weighted by atomic mass is 35.5. The van der Waals surface area contributed by atoms with E-state index >= 15 is 0 Å². The lowest BCUT2D eigenvalue weighted by molar-refractivity contribution is -0.131. The van der Waals surface area contributed by atoms with E-state index in [1.807, 2.05) is 0 Å². The monoisotopic (exact) mass is 254 g/mol. The predicted octanol–water partition coefficient (Wildman–Crippen LogP) is 3.26. The molecular weight excluding hydrogens is 247 g/mol. The van der Waals surface area contributed by atoms with E-state index < -0.39 is 11.8 Å². The van der Waals surface area contributed by atoms with Crippen molar-refractivity contribution in [2.75, 3.05) is 0 Å². The van der Waals surface area contributed by atoms with Crippen molar-refractivity contribution in [1.82, 2.24) is 0 Å². The maximum absolute atomic E-state index is 13.2. The summed E-state index contributed by atoms with van der Waals surface area (Å²) in [5, 5.41) is 10.3. The van der Waals surface area contributed by atoms with Crippen LogP contribution in [0.5, 0.6) is 11.5 Å². The number of halogens is 2. The normalized spacial score (nSPS) is 10.5. The molecular formula is C12H8ClFO3. The molecule has 0 bridgehead atoms. The third kappa shape index (κ3) is 2.17. The van der Waals surface area contributed by atoms with Gasteiger partial charge in [0.05, 0.1) is 5.02 Å². The van der Waals surface area contributed by atoms with E-state index in [0.717, 1.165) is 0 Å². The summed E-state index contributed by atoms with van der Waals surface area (Å²) in [7, 11) is 0. The third-order valence-corrected chi connectivity index (χ3v) is 2.59. The van der Waals surface area contributed by atoms with Crippen LogP contribution >= 0.6 is 11.6 Å². The average Bonchev–Trinajstić information content (AvgIpc) is 2.22. The molecule has 2 aromatic rings. The molecule has 0 spiro atoms. The Morgan fingerprint density at radius 1 is 1.41 bits per heavy atom. The molecule has 3 nitrogen and oxygen atoms in total. The van der Waals surface area contributed by atoms with Crippen LogP contribution < -0.4 is 4.74 Å². The molecule has 5 heteroatoms. The number of phenolic OH excluding ortho intramolecular Hbond substituents is 1. The van der Waals surface area contributed by atoms with Gasteiger partial charge in [-0.3, -0.25) is 4.79 Å². The molecule has 0 amide bonds. The first-order valence-corrected chi connectivity index (χ1v) is 5.16. The van der Waals surface area contributed by atoms with Crippen molar-refractivity contribution >= 4 is 28.3 Å². The summed E-state index contributed by atoms with van der Waals surface area (Å²) in [4.78, 5) is 10.8. The molecule has 2 rings (SSSR count). The number of esters is 1. The molecule has 0 fully saturated rings. The molecule has 0 saturated heterocycles. The summed E-state index contributed by atoms with van der Waals surface area (Å²) in [5.41, 5.74) is 0. The minimum atomic E-state index is -0.616. The number of benzene rings is 2. The largest absolute Gasteiger partial charge is 0.507 e. The number of hydrogen-bond acceptors (Lipinski definition) is 3. The first-order valence-electron chi connectivity index (χ1n) is 4.78. The van der Waals surface area contributed by atoms with Crippen molar-refractivity contribution in [3.63, 3.8) is 0 Å². The first-order chi connectivity index (χ1) is 7.99. The van der Waals surface area contributed by atoms with Crippen molar-refractivity contribution < 1.29 is 19.0 Å². The lowest BCUT2D eigenvalue weighted by atomic mass is 10.1. The molecule has 0 aliphatic carbocycles. The summed E-state index contributed by atoms with van der Waals surface area (Å²) in [6.45, 7) is 1.25. The first kappa shape index (κ1) is 11.7. The molecule has 0 saturated carbocycles. The molecule has 0 heterocycles. The van der Waals surface area contributed by atoms with E-state index in [0.29, 0.717) is 5.39 Å². The van der Waals surface area contributed by atoms with Gasteiger partial charge in [-0.15, -0.1) is 0 Å². The Morgan fingerprint density at radius 2 is 2.12 bits per heavy atom. The number of aromatic hydroxyl groups is 1. The summed E-state index contributed by atoms with van der Waals surface area (Å²) in [6, 6.07) is 5.35. The minimum absolute atomic E-state index is 0.158. The van der Waals surface area contributed by atoms with Crippen molar-refractivity contribution in [3.05, 3.63) is 35.1 Å². The minimum Gasteiger partial charge on any atom is -0.507 e. The molecule has 0 aromatic heterocycles. The Morgan fingerprint density at radius 3 is 2.76 bits per heavy atom. The lowest BCUT2D eigenvalue weighted by Gasteiger charge is -2.07. The van der Waals surface area contributed by atoms with Crippen molar-refractivity contribution in [2.24, 2.45) is 0 Å². The molecule has 0 aliphatic rings. The standard InChI is InChI=1S/C12H8ClFO3/c1-6(15)17-8-4-7-2-3-9(14)12(13)11(7)10(16)5-8/h2-5,16H,1H3. The third-order valence-electron chi connectivity index (χ3n) is 2.22. The number of phenols is 1. The van der Waals surface area contributed by atoms with Crippen LogP contribution in [-0.4, -0.2) is 11.1 Å². The van der Waals surface area contributed by atoms with Gasteiger partial charge in [-0.25, -0.2) is 4.39 Å². The predicted molar refractivity (Wildman–Crippen MR) is 61.9 cm³/mol. The second kappa shape index (κ2) is 4.22. The number of carbonyl (C=O) groups is 1. The van der Waals surface area contributed by atoms with Gasteiger partial charge >= 0.3 is 5.97 Å². The molecule has 88 valence electrons. The van der Waals surface area contributed by atoms with Crippen LogP contribution in [0.25, 0.3) is 10.8 Å². The van der Waals surface area contributed by atoms with Gasteiger partial charge in [0, 0.05) is 18.4 Å². The summed E-state index contributed by atoms with van der Waals surface area (Å²) < 4.78 is 18.0. The number of rotatable bonds is 1. The smallest absolute Gasteiger partial charge is 0.308 e. The molecule has 0 atom stereocenters. The number of hydrogen-bond donors (Lipinski definition) is 1. The molecule has 17 heavy (non-hydrogen) atoms. The average molecular weight is 255 g/mol. The van der Waals surface area contributed by atoms with Crippen molar-refractivity contribution in [2.45, 2.75) is 6.92 Å². The Balaban J connectivity index is 2.68. The quantitative estimate of drug-likeness (QED) is 0.628. The van der Waals surface area contributed by atoms with Crippen molar-refractivity contribution in [1.29, 1.82) is 0 Å². The van der Waals surface area contributed by atoms with E-state index in [-0.39, 0.29) is 21.9 Å². The van der Waals surface area contributed by atoms with Gasteiger partial charge in [0.2, 0.25) is 0 Å². The van der Waals surface area contributed by atoms with Gasteiger partial charge < -0.3 is 9.84 Å². The zero-order valence-electron chi connectivity index (χ0n) is 8.83. The molecule has 0 radical (unpaired) electrons. The second-order valence-corrected chi connectivity index (χ2v) is 3.87. The molecule has 1 N–H and O–H groups in total. The Labute approximate surface area is 101 Å². The van der Waals surface area contributed by atoms with E-state index in [1.54, 1.807) is 0 Å². The fourth-order valence-corrected chi connectivity index (χ4v) is 1.84. The van der Waals surface area contributed by atoms with Crippen LogP contribution in [0.4, 0.5) is 4.39 Å². The topological polar surface area (TPSA) is 46.5 Å². The Bertz CT molecular complexity index is 610. The maximum Gasteiger partial charge on any atom is 0.308 e. The van der Waals surface area contributed by atoms with Crippen LogP contribution in [0.15, 0.2) is 24.3 Å². The van der Waals surface area contributed by atoms with Crippen molar-refractivity contribution in [3.8, 4) is 11.5 Å². The molecule has 0 unspecified atom stereocenters. The summed E-state index contributed by atoms with van der Waals surface area (Å²) >= 11 is 5.75.